The Bertz CT molecular complexity index is 538. The number of nitrogens with two attached hydrogens (primary N) is 1. The summed E-state index contributed by atoms with van der Waals surface area (Å²) in [6, 6.07) is 4.77. The van der Waals surface area contributed by atoms with Crippen molar-refractivity contribution in [3.05, 3.63) is 22.7 Å². The summed E-state index contributed by atoms with van der Waals surface area (Å²) in [7, 11) is -3.51. The van der Waals surface area contributed by atoms with Gasteiger partial charge in [-0.25, -0.2) is 13.1 Å². The van der Waals surface area contributed by atoms with Crippen molar-refractivity contribution in [2.45, 2.75) is 36.6 Å². The van der Waals surface area contributed by atoms with Crippen LogP contribution in [0.2, 0.25) is 0 Å². The topological polar surface area (TPSA) is 72.2 Å². The third-order valence-corrected chi connectivity index (χ3v) is 5.71. The fourth-order valence-electron chi connectivity index (χ4n) is 1.91. The Hall–Kier alpha value is -0.590. The molecule has 0 unspecified atom stereocenters. The Labute approximate surface area is 110 Å². The standard InChI is InChI=1S/C11H15BrN2O2S/c1-11(5-2-6-11)14-17(15,16)10-7-8(13)3-4-9(10)12/h3-4,7,14H,2,5-6,13H2,1H3. The summed E-state index contributed by atoms with van der Waals surface area (Å²) in [5.74, 6) is 0. The van der Waals surface area contributed by atoms with Crippen LogP contribution in [-0.4, -0.2) is 14.0 Å². The highest BCUT2D eigenvalue weighted by molar-refractivity contribution is 9.10. The van der Waals surface area contributed by atoms with E-state index in [2.05, 4.69) is 20.7 Å². The Morgan fingerprint density at radius 2 is 2.06 bits per heavy atom. The molecule has 2 rings (SSSR count). The lowest BCUT2D eigenvalue weighted by atomic mass is 9.80. The van der Waals surface area contributed by atoms with E-state index < -0.39 is 10.0 Å². The molecule has 6 heteroatoms. The van der Waals surface area contributed by atoms with Gasteiger partial charge in [-0.15, -0.1) is 0 Å². The first kappa shape index (κ1) is 12.9. The van der Waals surface area contributed by atoms with Crippen LogP contribution in [0.15, 0.2) is 27.6 Å². The molecule has 3 N–H and O–H groups in total. The molecule has 1 aliphatic carbocycles. The highest BCUT2D eigenvalue weighted by Crippen LogP contribution is 2.34. The fraction of sp³-hybridized carbons (Fsp3) is 0.455. The summed E-state index contributed by atoms with van der Waals surface area (Å²) in [6.45, 7) is 1.92. The Balaban J connectivity index is 2.34. The SMILES string of the molecule is CC1(NS(=O)(=O)c2cc(N)ccc2Br)CCC1. The van der Waals surface area contributed by atoms with E-state index in [1.807, 2.05) is 6.92 Å². The largest absolute Gasteiger partial charge is 0.399 e. The number of hydrogen-bond acceptors (Lipinski definition) is 3. The molecule has 94 valence electrons. The summed E-state index contributed by atoms with van der Waals surface area (Å²) in [4.78, 5) is 0.200. The first-order chi connectivity index (χ1) is 7.82. The van der Waals surface area contributed by atoms with E-state index in [4.69, 9.17) is 5.73 Å². The van der Waals surface area contributed by atoms with Crippen LogP contribution in [0.25, 0.3) is 0 Å². The molecule has 0 radical (unpaired) electrons. The minimum absolute atomic E-state index is 0.200. The van der Waals surface area contributed by atoms with E-state index in [1.54, 1.807) is 12.1 Å². The summed E-state index contributed by atoms with van der Waals surface area (Å²) in [5.41, 5.74) is 5.76. The van der Waals surface area contributed by atoms with Crippen LogP contribution in [0.3, 0.4) is 0 Å². The van der Waals surface area contributed by atoms with Crippen LogP contribution in [0.1, 0.15) is 26.2 Å². The van der Waals surface area contributed by atoms with E-state index in [0.717, 1.165) is 19.3 Å². The second kappa shape index (κ2) is 4.26. The zero-order chi connectivity index (χ0) is 12.7. The summed E-state index contributed by atoms with van der Waals surface area (Å²) in [6.07, 6.45) is 2.83. The smallest absolute Gasteiger partial charge is 0.242 e. The monoisotopic (exact) mass is 318 g/mol. The zero-order valence-electron chi connectivity index (χ0n) is 9.53. The van der Waals surface area contributed by atoms with Gasteiger partial charge in [0.2, 0.25) is 10.0 Å². The van der Waals surface area contributed by atoms with E-state index in [9.17, 15) is 8.42 Å². The number of nitrogens with one attached hydrogen (secondary N) is 1. The van der Waals surface area contributed by atoms with Gasteiger partial charge in [0.05, 0.1) is 4.90 Å². The van der Waals surface area contributed by atoms with Gasteiger partial charge in [-0.05, 0) is 60.3 Å². The van der Waals surface area contributed by atoms with Gasteiger partial charge in [0.15, 0.2) is 0 Å². The second-order valence-electron chi connectivity index (χ2n) is 4.71. The first-order valence-corrected chi connectivity index (χ1v) is 7.69. The van der Waals surface area contributed by atoms with Crippen molar-refractivity contribution in [2.75, 3.05) is 5.73 Å². The highest BCUT2D eigenvalue weighted by Gasteiger charge is 2.36. The average Bonchev–Trinajstić information content (AvgIpc) is 2.18. The third-order valence-electron chi connectivity index (χ3n) is 3.08. The molecular formula is C11H15BrN2O2S. The van der Waals surface area contributed by atoms with Gasteiger partial charge in [0.25, 0.3) is 0 Å². The lowest BCUT2D eigenvalue weighted by Gasteiger charge is -2.38. The van der Waals surface area contributed by atoms with Crippen molar-refractivity contribution >= 4 is 31.6 Å². The molecule has 0 aromatic heterocycles. The van der Waals surface area contributed by atoms with Crippen molar-refractivity contribution in [3.8, 4) is 0 Å². The lowest BCUT2D eigenvalue weighted by Crippen LogP contribution is -2.50. The molecule has 4 nitrogen and oxygen atoms in total. The van der Waals surface area contributed by atoms with Gasteiger partial charge in [0, 0.05) is 15.7 Å². The van der Waals surface area contributed by atoms with Crippen LogP contribution in [-0.2, 0) is 10.0 Å². The van der Waals surface area contributed by atoms with Crippen LogP contribution in [0.4, 0.5) is 5.69 Å². The fourth-order valence-corrected chi connectivity index (χ4v) is 4.38. The number of sulfonamides is 1. The van der Waals surface area contributed by atoms with Crippen molar-refractivity contribution in [1.82, 2.24) is 4.72 Å². The quantitative estimate of drug-likeness (QED) is 0.840. The summed E-state index contributed by atoms with van der Waals surface area (Å²) < 4.78 is 27.7. The zero-order valence-corrected chi connectivity index (χ0v) is 11.9. The van der Waals surface area contributed by atoms with Gasteiger partial charge in [-0.2, -0.15) is 0 Å². The maximum absolute atomic E-state index is 12.2. The van der Waals surface area contributed by atoms with Crippen LogP contribution >= 0.6 is 15.9 Å². The molecule has 0 bridgehead atoms. The third kappa shape index (κ3) is 2.64. The maximum atomic E-state index is 12.2. The minimum atomic E-state index is -3.51. The van der Waals surface area contributed by atoms with Gasteiger partial charge in [-0.1, -0.05) is 0 Å². The highest BCUT2D eigenvalue weighted by atomic mass is 79.9. The Kier molecular flexibility index (Phi) is 3.22. The van der Waals surface area contributed by atoms with Crippen LogP contribution < -0.4 is 10.5 Å². The molecule has 0 aliphatic heterocycles. The molecule has 0 spiro atoms. The molecular weight excluding hydrogens is 304 g/mol. The Morgan fingerprint density at radius 3 is 2.59 bits per heavy atom. The normalized spacial score (nSPS) is 18.7. The Morgan fingerprint density at radius 1 is 1.41 bits per heavy atom. The molecule has 17 heavy (non-hydrogen) atoms. The number of anilines is 1. The summed E-state index contributed by atoms with van der Waals surface area (Å²) >= 11 is 3.24. The average molecular weight is 319 g/mol. The molecule has 0 atom stereocenters. The maximum Gasteiger partial charge on any atom is 0.242 e. The predicted molar refractivity (Wildman–Crippen MR) is 71.1 cm³/mol. The van der Waals surface area contributed by atoms with Crippen molar-refractivity contribution in [1.29, 1.82) is 0 Å². The molecule has 0 amide bonds. The molecule has 1 saturated carbocycles. The number of hydrogen-bond donors (Lipinski definition) is 2. The van der Waals surface area contributed by atoms with Crippen LogP contribution in [0.5, 0.6) is 0 Å². The molecule has 0 saturated heterocycles. The van der Waals surface area contributed by atoms with E-state index in [1.165, 1.54) is 6.07 Å². The lowest BCUT2D eigenvalue weighted by molar-refractivity contribution is 0.248. The van der Waals surface area contributed by atoms with Gasteiger partial charge >= 0.3 is 0 Å². The number of nitrogen functional groups attached to an aromatic ring is 1. The number of rotatable bonds is 3. The molecule has 1 aromatic rings. The van der Waals surface area contributed by atoms with Gasteiger partial charge in [0.1, 0.15) is 0 Å². The number of benzene rings is 1. The van der Waals surface area contributed by atoms with E-state index >= 15 is 0 Å². The van der Waals surface area contributed by atoms with Gasteiger partial charge < -0.3 is 5.73 Å². The van der Waals surface area contributed by atoms with Crippen molar-refractivity contribution in [3.63, 3.8) is 0 Å². The van der Waals surface area contributed by atoms with E-state index in [0.29, 0.717) is 10.2 Å². The van der Waals surface area contributed by atoms with Crippen molar-refractivity contribution < 1.29 is 8.42 Å². The minimum Gasteiger partial charge on any atom is -0.399 e. The summed E-state index contributed by atoms with van der Waals surface area (Å²) in [5, 5.41) is 0. The predicted octanol–water partition coefficient (Wildman–Crippen LogP) is 2.25. The second-order valence-corrected chi connectivity index (χ2v) is 7.21. The molecule has 1 fully saturated rings. The number of halogens is 1. The molecule has 1 aromatic carbocycles. The van der Waals surface area contributed by atoms with Crippen LogP contribution in [0, 0.1) is 0 Å². The van der Waals surface area contributed by atoms with Crippen molar-refractivity contribution in [2.24, 2.45) is 0 Å². The van der Waals surface area contributed by atoms with E-state index in [-0.39, 0.29) is 10.4 Å². The first-order valence-electron chi connectivity index (χ1n) is 5.41. The molecule has 1 aliphatic rings. The molecule has 0 heterocycles. The van der Waals surface area contributed by atoms with Gasteiger partial charge in [-0.3, -0.25) is 0 Å².